The standard InChI is InChI=1S/C21H24N3.C20H22N3.C19H20N3.C18H18N3/c1-15(2)11-21-22-13-18(14-23-21)17-9-10-24(4)20(12-17)19-8-6-5-7-16(19)3;1-14(2)20-21-12-17(13-22-20)16-9-10-23(4)19(11-16)18-8-6-5-7-15(18)3;1-4-19-20-12-16(13-21-19)15-9-10-22(3)18(11-15)17-8-6-5-7-14(17)2;1-13-6-4-5-7-17(13)18-10-15(8-9-21(18)3)16-11-19-14(2)20-12-16/h5-10,12-15H,11H2,1-4H3;5-14H,1-4H3;5-13H,4H2,1-3H3;4-12H,1-3H3/q4*+1. The monoisotopic (exact) mass is 1190 g/mol. The second-order valence-electron chi connectivity index (χ2n) is 23.6. The van der Waals surface area contributed by atoms with Crippen LogP contribution in [0, 0.1) is 40.5 Å². The first-order chi connectivity index (χ1) is 43.4. The van der Waals surface area contributed by atoms with Crippen LogP contribution in [-0.2, 0) is 41.0 Å². The van der Waals surface area contributed by atoms with Crippen molar-refractivity contribution in [3.63, 3.8) is 0 Å². The maximum Gasteiger partial charge on any atom is 0.213 e. The molecule has 4 aromatic carbocycles. The molecule has 12 nitrogen and oxygen atoms in total. The quantitative estimate of drug-likeness (QED) is 0.111. The molecule has 12 aromatic rings. The van der Waals surface area contributed by atoms with Gasteiger partial charge in [-0.1, -0.05) is 107 Å². The van der Waals surface area contributed by atoms with Crippen LogP contribution in [0.1, 0.15) is 86.1 Å². The van der Waals surface area contributed by atoms with E-state index in [1.165, 1.54) is 67.3 Å². The molecule has 0 radical (unpaired) electrons. The topological polar surface area (TPSA) is 119 Å². The van der Waals surface area contributed by atoms with Crippen LogP contribution in [0.15, 0.2) is 220 Å². The van der Waals surface area contributed by atoms with Crippen molar-refractivity contribution in [2.24, 2.45) is 34.1 Å². The third-order valence-electron chi connectivity index (χ3n) is 15.9. The van der Waals surface area contributed by atoms with Crippen LogP contribution in [0.5, 0.6) is 0 Å². The van der Waals surface area contributed by atoms with Crippen molar-refractivity contribution in [2.75, 3.05) is 0 Å². The van der Waals surface area contributed by atoms with Gasteiger partial charge in [0.1, 0.15) is 51.5 Å². The zero-order chi connectivity index (χ0) is 63.8. The van der Waals surface area contributed by atoms with E-state index < -0.39 is 0 Å². The fraction of sp³-hybridized carbons (Fsp3) is 0.231. The maximum absolute atomic E-state index is 4.52. The largest absolute Gasteiger partial charge is 0.241 e. The minimum atomic E-state index is 0.347. The molecule has 0 fully saturated rings. The Morgan fingerprint density at radius 2 is 0.589 bits per heavy atom. The second kappa shape index (κ2) is 30.1. The normalized spacial score (nSPS) is 10.8. The third kappa shape index (κ3) is 16.3. The summed E-state index contributed by atoms with van der Waals surface area (Å²) in [5.41, 5.74) is 23.6. The Balaban J connectivity index is 0.000000142. The summed E-state index contributed by atoms with van der Waals surface area (Å²) < 4.78 is 8.59. The molecule has 0 unspecified atom stereocenters. The molecule has 0 amide bonds. The van der Waals surface area contributed by atoms with Gasteiger partial charge in [-0.3, -0.25) is 0 Å². The van der Waals surface area contributed by atoms with Gasteiger partial charge in [-0.25, -0.2) is 58.1 Å². The fourth-order valence-corrected chi connectivity index (χ4v) is 10.5. The number of nitrogens with zero attached hydrogens (tertiary/aromatic N) is 12. The molecule has 12 rings (SSSR count). The number of aromatic nitrogens is 12. The first-order valence-electron chi connectivity index (χ1n) is 30.9. The van der Waals surface area contributed by atoms with Crippen LogP contribution in [0.4, 0.5) is 0 Å². The molecule has 8 heterocycles. The second-order valence-corrected chi connectivity index (χ2v) is 23.6. The average molecular weight is 1190 g/mol. The smallest absolute Gasteiger partial charge is 0.213 e. The summed E-state index contributed by atoms with van der Waals surface area (Å²) in [5, 5.41) is 0. The van der Waals surface area contributed by atoms with Crippen LogP contribution in [-0.4, -0.2) is 39.9 Å². The van der Waals surface area contributed by atoms with E-state index in [1.54, 1.807) is 0 Å². The lowest BCUT2D eigenvalue weighted by Gasteiger charge is -2.08. The van der Waals surface area contributed by atoms with E-state index in [4.69, 9.17) is 0 Å². The summed E-state index contributed by atoms with van der Waals surface area (Å²) >= 11 is 0. The molecule has 0 atom stereocenters. The highest BCUT2D eigenvalue weighted by atomic mass is 14.9. The molecule has 0 saturated carbocycles. The van der Waals surface area contributed by atoms with Crippen molar-refractivity contribution in [1.82, 2.24) is 39.9 Å². The Morgan fingerprint density at radius 1 is 0.322 bits per heavy atom. The van der Waals surface area contributed by atoms with E-state index in [2.05, 4.69) is 319 Å². The lowest BCUT2D eigenvalue weighted by Crippen LogP contribution is -2.30. The molecular formula is C78H84N12+4. The maximum atomic E-state index is 4.52. The summed E-state index contributed by atoms with van der Waals surface area (Å²) in [6.45, 7) is 21.1. The first-order valence-corrected chi connectivity index (χ1v) is 30.9. The fourth-order valence-electron chi connectivity index (χ4n) is 10.5. The molecule has 452 valence electrons. The van der Waals surface area contributed by atoms with Crippen molar-refractivity contribution in [3.05, 3.63) is 266 Å². The van der Waals surface area contributed by atoms with Crippen LogP contribution < -0.4 is 18.3 Å². The number of hydrogen-bond donors (Lipinski definition) is 0. The number of pyridine rings is 4. The average Bonchev–Trinajstić information content (AvgIpc) is 3.65. The predicted molar refractivity (Wildman–Crippen MR) is 362 cm³/mol. The van der Waals surface area contributed by atoms with E-state index in [9.17, 15) is 0 Å². The number of hydrogen-bond acceptors (Lipinski definition) is 8. The van der Waals surface area contributed by atoms with Gasteiger partial charge in [0.15, 0.2) is 24.8 Å². The van der Waals surface area contributed by atoms with Crippen molar-refractivity contribution in [1.29, 1.82) is 0 Å². The summed E-state index contributed by atoms with van der Waals surface area (Å²) in [7, 11) is 8.29. The molecular weight excluding hydrogens is 1100 g/mol. The Hall–Kier alpha value is -10.2. The van der Waals surface area contributed by atoms with E-state index in [0.29, 0.717) is 11.8 Å². The third-order valence-corrected chi connectivity index (χ3v) is 15.9. The molecule has 0 N–H and O–H groups in total. The molecule has 8 aromatic heterocycles. The molecule has 0 aliphatic carbocycles. The molecule has 0 saturated heterocycles. The van der Waals surface area contributed by atoms with Gasteiger partial charge in [0, 0.05) is 161 Å². The Morgan fingerprint density at radius 3 is 0.856 bits per heavy atom. The van der Waals surface area contributed by atoms with Crippen LogP contribution >= 0.6 is 0 Å². The van der Waals surface area contributed by atoms with Crippen molar-refractivity contribution in [2.45, 2.75) is 88.0 Å². The summed E-state index contributed by atoms with van der Waals surface area (Å²) in [5.74, 6) is 4.38. The van der Waals surface area contributed by atoms with Gasteiger partial charge < -0.3 is 0 Å². The zero-order valence-corrected chi connectivity index (χ0v) is 54.7. The van der Waals surface area contributed by atoms with Gasteiger partial charge in [-0.05, 0) is 109 Å². The van der Waals surface area contributed by atoms with Crippen molar-refractivity contribution < 1.29 is 18.3 Å². The van der Waals surface area contributed by atoms with Gasteiger partial charge in [0.2, 0.25) is 22.8 Å². The first kappa shape index (κ1) is 64.3. The van der Waals surface area contributed by atoms with Crippen LogP contribution in [0.2, 0.25) is 0 Å². The van der Waals surface area contributed by atoms with Gasteiger partial charge in [0.05, 0.1) is 0 Å². The summed E-state index contributed by atoms with van der Waals surface area (Å²) in [6.07, 6.45) is 25.4. The minimum Gasteiger partial charge on any atom is -0.241 e. The van der Waals surface area contributed by atoms with Crippen molar-refractivity contribution in [3.8, 4) is 89.5 Å². The molecule has 0 aliphatic rings. The summed E-state index contributed by atoms with van der Waals surface area (Å²) in [4.78, 5) is 35.4. The highest BCUT2D eigenvalue weighted by molar-refractivity contribution is 5.73. The highest BCUT2D eigenvalue weighted by Gasteiger charge is 2.19. The molecule has 12 heteroatoms. The Labute approximate surface area is 532 Å². The number of benzene rings is 4. The van der Waals surface area contributed by atoms with Crippen LogP contribution in [0.3, 0.4) is 0 Å². The van der Waals surface area contributed by atoms with Gasteiger partial charge in [-0.15, -0.1) is 0 Å². The number of rotatable bonds is 12. The van der Waals surface area contributed by atoms with Gasteiger partial charge in [0.25, 0.3) is 0 Å². The van der Waals surface area contributed by atoms with Gasteiger partial charge in [-0.2, -0.15) is 0 Å². The molecule has 0 aliphatic heterocycles. The Bertz CT molecular complexity index is 4350. The van der Waals surface area contributed by atoms with E-state index >= 15 is 0 Å². The predicted octanol–water partition coefficient (Wildman–Crippen LogP) is 15.0. The number of aryl methyl sites for hydroxylation is 10. The molecule has 90 heavy (non-hydrogen) atoms. The van der Waals surface area contributed by atoms with E-state index in [-0.39, 0.29) is 0 Å². The molecule has 0 spiro atoms. The molecule has 0 bridgehead atoms. The lowest BCUT2D eigenvalue weighted by atomic mass is 10.0. The SMILES string of the molecule is CCc1ncc(-c2cc[n+](C)c(-c3ccccc3C)c2)cn1.Cc1ccccc1-c1cc(-c2cnc(C(C)C)nc2)cc[n+]1C.Cc1ccccc1-c1cc(-c2cnc(CC(C)C)nc2)cc[n+]1C.Cc1ncc(-c2cc[n+](C)c(-c3ccccc3C)c2)cn1. The summed E-state index contributed by atoms with van der Waals surface area (Å²) in [6, 6.07) is 51.0. The lowest BCUT2D eigenvalue weighted by molar-refractivity contribution is -0.660. The van der Waals surface area contributed by atoms with Gasteiger partial charge >= 0.3 is 0 Å². The zero-order valence-electron chi connectivity index (χ0n) is 54.7. The van der Waals surface area contributed by atoms with E-state index in [1.807, 2.05) is 56.5 Å². The van der Waals surface area contributed by atoms with Crippen LogP contribution in [0.25, 0.3) is 89.5 Å². The Kier molecular flexibility index (Phi) is 21.5. The highest BCUT2D eigenvalue weighted by Crippen LogP contribution is 2.30. The minimum absolute atomic E-state index is 0.347. The van der Waals surface area contributed by atoms with E-state index in [0.717, 1.165) is 80.6 Å². The van der Waals surface area contributed by atoms with Crippen molar-refractivity contribution >= 4 is 0 Å².